The Morgan fingerprint density at radius 1 is 1.40 bits per heavy atom. The Hall–Kier alpha value is -1.65. The summed E-state index contributed by atoms with van der Waals surface area (Å²) in [5.74, 6) is -0.00516. The number of thiazole rings is 1. The zero-order valence-corrected chi connectivity index (χ0v) is 15.8. The van der Waals surface area contributed by atoms with Crippen LogP contribution in [0.5, 0.6) is 0 Å². The molecule has 1 amide bonds. The highest BCUT2D eigenvalue weighted by molar-refractivity contribution is 8.00. The van der Waals surface area contributed by atoms with Gasteiger partial charge >= 0.3 is 0 Å². The topological polar surface area (TPSA) is 93.4 Å². The second-order valence-corrected chi connectivity index (χ2v) is 10.6. The van der Waals surface area contributed by atoms with Gasteiger partial charge in [0.05, 0.1) is 27.0 Å². The Kier molecular flexibility index (Phi) is 4.20. The van der Waals surface area contributed by atoms with E-state index in [-0.39, 0.29) is 23.5 Å². The fraction of sp³-hybridized carbons (Fsp3) is 0.400. The molecule has 1 aliphatic rings. The van der Waals surface area contributed by atoms with E-state index in [4.69, 9.17) is 0 Å². The molecule has 10 heteroatoms. The number of aromatic nitrogens is 3. The number of amides is 1. The quantitative estimate of drug-likeness (QED) is 0.675. The fourth-order valence-electron chi connectivity index (χ4n) is 2.87. The van der Waals surface area contributed by atoms with Gasteiger partial charge in [0.15, 0.2) is 15.0 Å². The van der Waals surface area contributed by atoms with Crippen LogP contribution in [0.25, 0.3) is 15.2 Å². The molecular weight excluding hydrogens is 380 g/mol. The van der Waals surface area contributed by atoms with Crippen LogP contribution in [-0.2, 0) is 14.6 Å². The third kappa shape index (κ3) is 3.25. The number of thioether (sulfide) groups is 1. The Morgan fingerprint density at radius 2 is 2.20 bits per heavy atom. The van der Waals surface area contributed by atoms with Crippen LogP contribution in [0.1, 0.15) is 13.3 Å². The van der Waals surface area contributed by atoms with Crippen molar-refractivity contribution in [3.63, 3.8) is 0 Å². The smallest absolute Gasteiger partial charge is 0.233 e. The number of rotatable bonds is 4. The van der Waals surface area contributed by atoms with Gasteiger partial charge in [-0.25, -0.2) is 8.42 Å². The molecule has 0 bridgehead atoms. The minimum absolute atomic E-state index is 0.0282. The zero-order chi connectivity index (χ0) is 17.6. The average Bonchev–Trinajstić information content (AvgIpc) is 3.21. The van der Waals surface area contributed by atoms with Crippen LogP contribution in [0.3, 0.4) is 0 Å². The Bertz CT molecular complexity index is 1060. The van der Waals surface area contributed by atoms with Gasteiger partial charge in [-0.05, 0) is 25.5 Å². The van der Waals surface area contributed by atoms with Crippen molar-refractivity contribution in [2.45, 2.75) is 29.8 Å². The van der Waals surface area contributed by atoms with Gasteiger partial charge in [-0.15, -0.1) is 10.2 Å². The zero-order valence-electron chi connectivity index (χ0n) is 13.4. The van der Waals surface area contributed by atoms with Crippen LogP contribution in [0.2, 0.25) is 0 Å². The standard InChI is InChI=1S/C15H16N4O3S3/c1-9(13(20)16-10-6-7-25(21,22)8-10)23-14-17-18-15-19(14)11-4-2-3-5-12(11)24-15/h2-5,9-10H,6-8H2,1H3,(H,16,20). The molecule has 0 radical (unpaired) electrons. The van der Waals surface area contributed by atoms with Crippen molar-refractivity contribution in [1.29, 1.82) is 0 Å². The molecule has 3 heterocycles. The number of hydrogen-bond acceptors (Lipinski definition) is 7. The van der Waals surface area contributed by atoms with Crippen LogP contribution in [0.15, 0.2) is 29.4 Å². The number of para-hydroxylation sites is 1. The molecule has 0 spiro atoms. The molecule has 1 aromatic carbocycles. The third-order valence-corrected chi connectivity index (χ3v) is 7.96. The largest absolute Gasteiger partial charge is 0.351 e. The van der Waals surface area contributed by atoms with Gasteiger partial charge in [-0.1, -0.05) is 35.2 Å². The molecule has 3 aromatic rings. The number of nitrogens with zero attached hydrogens (tertiary/aromatic N) is 3. The van der Waals surface area contributed by atoms with E-state index < -0.39 is 15.1 Å². The lowest BCUT2D eigenvalue weighted by molar-refractivity contribution is -0.120. The molecule has 2 atom stereocenters. The highest BCUT2D eigenvalue weighted by Gasteiger charge is 2.30. The number of nitrogens with one attached hydrogen (secondary N) is 1. The highest BCUT2D eigenvalue weighted by Crippen LogP contribution is 2.31. The number of fused-ring (bicyclic) bond motifs is 3. The van der Waals surface area contributed by atoms with E-state index in [0.717, 1.165) is 15.2 Å². The van der Waals surface area contributed by atoms with E-state index in [1.807, 2.05) is 28.7 Å². The number of carbonyl (C=O) groups is 1. The van der Waals surface area contributed by atoms with Crippen molar-refractivity contribution in [3.8, 4) is 0 Å². The normalized spacial score (nSPS) is 20.9. The lowest BCUT2D eigenvalue weighted by atomic mass is 10.2. The second-order valence-electron chi connectivity index (χ2n) is 6.04. The molecule has 132 valence electrons. The Balaban J connectivity index is 1.51. The molecule has 7 nitrogen and oxygen atoms in total. The number of benzene rings is 1. The summed E-state index contributed by atoms with van der Waals surface area (Å²) in [5, 5.41) is 11.5. The SMILES string of the molecule is CC(Sc1nnc2sc3ccccc3n12)C(=O)NC1CCS(=O)(=O)C1. The molecule has 25 heavy (non-hydrogen) atoms. The molecule has 0 aliphatic carbocycles. The van der Waals surface area contributed by atoms with E-state index >= 15 is 0 Å². The first kappa shape index (κ1) is 16.8. The summed E-state index contributed by atoms with van der Waals surface area (Å²) in [4.78, 5) is 13.2. The van der Waals surface area contributed by atoms with Crippen LogP contribution >= 0.6 is 23.1 Å². The summed E-state index contributed by atoms with van der Waals surface area (Å²) >= 11 is 2.88. The first-order valence-electron chi connectivity index (χ1n) is 7.83. The van der Waals surface area contributed by atoms with Crippen LogP contribution in [0, 0.1) is 0 Å². The summed E-state index contributed by atoms with van der Waals surface area (Å²) in [6.07, 6.45) is 0.482. The summed E-state index contributed by atoms with van der Waals surface area (Å²) in [7, 11) is -3.01. The van der Waals surface area contributed by atoms with Gasteiger partial charge in [0.1, 0.15) is 0 Å². The monoisotopic (exact) mass is 396 g/mol. The minimum atomic E-state index is -3.01. The molecular formula is C15H16N4O3S3. The van der Waals surface area contributed by atoms with E-state index in [1.165, 1.54) is 11.8 Å². The van der Waals surface area contributed by atoms with Gasteiger partial charge in [0, 0.05) is 6.04 Å². The van der Waals surface area contributed by atoms with Crippen molar-refractivity contribution in [2.75, 3.05) is 11.5 Å². The van der Waals surface area contributed by atoms with Crippen molar-refractivity contribution < 1.29 is 13.2 Å². The van der Waals surface area contributed by atoms with Crippen LogP contribution < -0.4 is 5.32 Å². The molecule has 1 aliphatic heterocycles. The first-order chi connectivity index (χ1) is 11.9. The van der Waals surface area contributed by atoms with Gasteiger partial charge in [-0.3, -0.25) is 9.20 Å². The van der Waals surface area contributed by atoms with E-state index in [1.54, 1.807) is 18.3 Å². The lowest BCUT2D eigenvalue weighted by Crippen LogP contribution is -2.40. The summed E-state index contributed by atoms with van der Waals surface area (Å²) in [6, 6.07) is 7.67. The minimum Gasteiger partial charge on any atom is -0.351 e. The van der Waals surface area contributed by atoms with Gasteiger partial charge in [-0.2, -0.15) is 0 Å². The van der Waals surface area contributed by atoms with Gasteiger partial charge in [0.25, 0.3) is 0 Å². The van der Waals surface area contributed by atoms with Gasteiger partial charge < -0.3 is 5.32 Å². The van der Waals surface area contributed by atoms with E-state index in [2.05, 4.69) is 15.5 Å². The highest BCUT2D eigenvalue weighted by atomic mass is 32.2. The average molecular weight is 397 g/mol. The Labute approximate surface area is 152 Å². The summed E-state index contributed by atoms with van der Waals surface area (Å²) in [6.45, 7) is 1.79. The molecule has 1 fully saturated rings. The molecule has 1 N–H and O–H groups in total. The first-order valence-corrected chi connectivity index (χ1v) is 11.3. The van der Waals surface area contributed by atoms with Crippen molar-refractivity contribution in [1.82, 2.24) is 19.9 Å². The summed E-state index contributed by atoms with van der Waals surface area (Å²) in [5.41, 5.74) is 1.02. The van der Waals surface area contributed by atoms with Crippen molar-refractivity contribution in [2.24, 2.45) is 0 Å². The number of carbonyl (C=O) groups excluding carboxylic acids is 1. The maximum absolute atomic E-state index is 12.4. The second kappa shape index (κ2) is 6.26. The Morgan fingerprint density at radius 3 is 2.96 bits per heavy atom. The molecule has 0 saturated carbocycles. The van der Waals surface area contributed by atoms with Crippen molar-refractivity contribution in [3.05, 3.63) is 24.3 Å². The molecule has 2 unspecified atom stereocenters. The van der Waals surface area contributed by atoms with E-state index in [0.29, 0.717) is 11.6 Å². The number of hydrogen-bond donors (Lipinski definition) is 1. The summed E-state index contributed by atoms with van der Waals surface area (Å²) < 4.78 is 26.1. The maximum Gasteiger partial charge on any atom is 0.233 e. The lowest BCUT2D eigenvalue weighted by Gasteiger charge is -2.14. The van der Waals surface area contributed by atoms with Gasteiger partial charge in [0.2, 0.25) is 10.9 Å². The van der Waals surface area contributed by atoms with Crippen LogP contribution in [0.4, 0.5) is 0 Å². The number of sulfone groups is 1. The molecule has 1 saturated heterocycles. The van der Waals surface area contributed by atoms with Crippen molar-refractivity contribution >= 4 is 54.0 Å². The predicted octanol–water partition coefficient (Wildman–Crippen LogP) is 1.73. The molecule has 4 rings (SSSR count). The molecule has 2 aromatic heterocycles. The third-order valence-electron chi connectivity index (χ3n) is 4.14. The van der Waals surface area contributed by atoms with Crippen LogP contribution in [-0.4, -0.2) is 51.7 Å². The predicted molar refractivity (Wildman–Crippen MR) is 98.9 cm³/mol. The van der Waals surface area contributed by atoms with E-state index in [9.17, 15) is 13.2 Å². The fourth-order valence-corrected chi connectivity index (χ4v) is 6.44. The maximum atomic E-state index is 12.4.